The minimum Gasteiger partial charge on any atom is -0.459 e. The van der Waals surface area contributed by atoms with Crippen molar-refractivity contribution in [2.45, 2.75) is 180 Å². The standard InChI is InChI=1S/C40H73NO2/c1-6-8-10-12-14-16-18-20-22-24-26-28-30-32-34-37-40(3,43-39(42)35-38-41(4)5)36-33-31-29-27-25-23-21-19-17-15-13-11-9-7-2/h14-21H,6-13,22-38H2,1-5H3/b16-14+,17-15+,20-18-,21-19+. The highest BCUT2D eigenvalue weighted by atomic mass is 16.6. The molecule has 0 N–H and O–H groups in total. The van der Waals surface area contributed by atoms with Gasteiger partial charge >= 0.3 is 5.97 Å². The van der Waals surface area contributed by atoms with Crippen molar-refractivity contribution >= 4 is 5.97 Å². The van der Waals surface area contributed by atoms with E-state index in [2.05, 4.69) is 74.3 Å². The number of ether oxygens (including phenoxy) is 1. The third kappa shape index (κ3) is 31.6. The lowest BCUT2D eigenvalue weighted by molar-refractivity contribution is -0.160. The first kappa shape index (κ1) is 41.4. The summed E-state index contributed by atoms with van der Waals surface area (Å²) in [6.45, 7) is 7.45. The Balaban J connectivity index is 4.17. The summed E-state index contributed by atoms with van der Waals surface area (Å²) in [5, 5.41) is 0. The van der Waals surface area contributed by atoms with Crippen LogP contribution in [0.5, 0.6) is 0 Å². The van der Waals surface area contributed by atoms with E-state index in [1.54, 1.807) is 0 Å². The quantitative estimate of drug-likeness (QED) is 0.0451. The maximum Gasteiger partial charge on any atom is 0.307 e. The molecule has 0 spiro atoms. The number of hydrogen-bond donors (Lipinski definition) is 0. The first-order valence-corrected chi connectivity index (χ1v) is 18.4. The smallest absolute Gasteiger partial charge is 0.307 e. The van der Waals surface area contributed by atoms with E-state index in [-0.39, 0.29) is 11.6 Å². The van der Waals surface area contributed by atoms with Crippen LogP contribution in [0.25, 0.3) is 0 Å². The van der Waals surface area contributed by atoms with Crippen LogP contribution in [-0.2, 0) is 9.53 Å². The van der Waals surface area contributed by atoms with Crippen molar-refractivity contribution in [1.29, 1.82) is 0 Å². The molecule has 3 nitrogen and oxygen atoms in total. The highest BCUT2D eigenvalue weighted by Crippen LogP contribution is 2.27. The molecular weight excluding hydrogens is 526 g/mol. The van der Waals surface area contributed by atoms with Crippen LogP contribution in [0.3, 0.4) is 0 Å². The molecule has 1 atom stereocenters. The lowest BCUT2D eigenvalue weighted by atomic mass is 9.91. The van der Waals surface area contributed by atoms with Gasteiger partial charge in [-0.15, -0.1) is 0 Å². The van der Waals surface area contributed by atoms with Crippen LogP contribution in [0.2, 0.25) is 0 Å². The van der Waals surface area contributed by atoms with E-state index in [1.807, 2.05) is 14.1 Å². The van der Waals surface area contributed by atoms with E-state index in [9.17, 15) is 4.79 Å². The zero-order valence-corrected chi connectivity index (χ0v) is 29.6. The molecule has 0 rings (SSSR count). The molecule has 1 unspecified atom stereocenters. The molecule has 0 radical (unpaired) electrons. The molecule has 3 heteroatoms. The van der Waals surface area contributed by atoms with Gasteiger partial charge in [0.25, 0.3) is 0 Å². The Hall–Kier alpha value is -1.61. The number of hydrogen-bond acceptors (Lipinski definition) is 3. The van der Waals surface area contributed by atoms with Crippen molar-refractivity contribution in [3.8, 4) is 0 Å². The van der Waals surface area contributed by atoms with Gasteiger partial charge in [0.1, 0.15) is 5.60 Å². The second-order valence-corrected chi connectivity index (χ2v) is 13.1. The zero-order valence-electron chi connectivity index (χ0n) is 29.6. The second kappa shape index (κ2) is 31.8. The van der Waals surface area contributed by atoms with Crippen molar-refractivity contribution in [2.75, 3.05) is 20.6 Å². The predicted molar refractivity (Wildman–Crippen MR) is 192 cm³/mol. The summed E-state index contributed by atoms with van der Waals surface area (Å²) >= 11 is 0. The highest BCUT2D eigenvalue weighted by Gasteiger charge is 2.27. The Morgan fingerprint density at radius 1 is 0.558 bits per heavy atom. The maximum absolute atomic E-state index is 12.6. The van der Waals surface area contributed by atoms with E-state index >= 15 is 0 Å². The highest BCUT2D eigenvalue weighted by molar-refractivity contribution is 5.70. The summed E-state index contributed by atoms with van der Waals surface area (Å²) in [6.07, 6.45) is 47.0. The molecule has 0 aromatic rings. The van der Waals surface area contributed by atoms with Crippen LogP contribution in [-0.4, -0.2) is 37.1 Å². The number of carbonyl (C=O) groups excluding carboxylic acids is 1. The molecule has 0 bridgehead atoms. The molecular formula is C40H73NO2. The minimum absolute atomic E-state index is 0.0359. The van der Waals surface area contributed by atoms with Crippen LogP contribution in [0.15, 0.2) is 48.6 Å². The van der Waals surface area contributed by atoms with Crippen molar-refractivity contribution in [3.05, 3.63) is 48.6 Å². The van der Waals surface area contributed by atoms with Crippen molar-refractivity contribution in [1.82, 2.24) is 4.90 Å². The van der Waals surface area contributed by atoms with Crippen LogP contribution in [0, 0.1) is 0 Å². The van der Waals surface area contributed by atoms with Gasteiger partial charge in [-0.2, -0.15) is 0 Å². The van der Waals surface area contributed by atoms with E-state index in [1.165, 1.54) is 122 Å². The van der Waals surface area contributed by atoms with Crippen molar-refractivity contribution in [3.63, 3.8) is 0 Å². The number of allylic oxidation sites excluding steroid dienone is 8. The van der Waals surface area contributed by atoms with Gasteiger partial charge in [0.15, 0.2) is 0 Å². The van der Waals surface area contributed by atoms with Gasteiger partial charge in [-0.3, -0.25) is 4.79 Å². The summed E-state index contributed by atoms with van der Waals surface area (Å²) in [5.41, 5.74) is -0.315. The number of unbranched alkanes of at least 4 members (excludes halogenated alkanes) is 17. The number of rotatable bonds is 31. The average Bonchev–Trinajstić information content (AvgIpc) is 2.98. The van der Waals surface area contributed by atoms with Crippen molar-refractivity contribution in [2.24, 2.45) is 0 Å². The maximum atomic E-state index is 12.6. The molecule has 0 heterocycles. The molecule has 0 aliphatic rings. The number of nitrogens with zero attached hydrogens (tertiary/aromatic N) is 1. The van der Waals surface area contributed by atoms with E-state index in [0.717, 1.165) is 32.2 Å². The molecule has 0 saturated carbocycles. The summed E-state index contributed by atoms with van der Waals surface area (Å²) in [5.74, 6) is -0.0359. The molecule has 0 aliphatic heterocycles. The van der Waals surface area contributed by atoms with Crippen LogP contribution < -0.4 is 0 Å². The van der Waals surface area contributed by atoms with E-state index in [4.69, 9.17) is 4.74 Å². The van der Waals surface area contributed by atoms with Gasteiger partial charge in [0, 0.05) is 6.54 Å². The summed E-state index contributed by atoms with van der Waals surface area (Å²) in [4.78, 5) is 14.7. The Morgan fingerprint density at radius 3 is 1.28 bits per heavy atom. The van der Waals surface area contributed by atoms with Crippen LogP contribution in [0.1, 0.15) is 175 Å². The lowest BCUT2D eigenvalue weighted by Gasteiger charge is -2.30. The average molecular weight is 600 g/mol. The normalized spacial score (nSPS) is 13.8. The molecule has 0 fully saturated rings. The molecule has 0 amide bonds. The lowest BCUT2D eigenvalue weighted by Crippen LogP contribution is -2.33. The predicted octanol–water partition coefficient (Wildman–Crippen LogP) is 12.5. The fourth-order valence-corrected chi connectivity index (χ4v) is 5.35. The van der Waals surface area contributed by atoms with Gasteiger partial charge in [0.2, 0.25) is 0 Å². The molecule has 250 valence electrons. The first-order valence-electron chi connectivity index (χ1n) is 18.4. The Labute approximate surface area is 269 Å². The Morgan fingerprint density at radius 2 is 0.907 bits per heavy atom. The van der Waals surface area contributed by atoms with Gasteiger partial charge < -0.3 is 9.64 Å². The Bertz CT molecular complexity index is 720. The van der Waals surface area contributed by atoms with Gasteiger partial charge in [0.05, 0.1) is 6.42 Å². The SMILES string of the molecule is CCCCC/C=C/C=C\CCCCCCCCC(C)(CCCCCCC/C=C/C=C/CCCCC)OC(=O)CCN(C)C. The number of carbonyl (C=O) groups is 1. The van der Waals surface area contributed by atoms with E-state index < -0.39 is 0 Å². The van der Waals surface area contributed by atoms with Gasteiger partial charge in [-0.25, -0.2) is 0 Å². The molecule has 0 aromatic heterocycles. The topological polar surface area (TPSA) is 29.5 Å². The summed E-state index contributed by atoms with van der Waals surface area (Å²) in [6, 6.07) is 0. The van der Waals surface area contributed by atoms with Crippen molar-refractivity contribution < 1.29 is 9.53 Å². The van der Waals surface area contributed by atoms with E-state index in [0.29, 0.717) is 6.42 Å². The molecule has 0 saturated heterocycles. The van der Waals surface area contributed by atoms with Gasteiger partial charge in [-0.1, -0.05) is 133 Å². The fourth-order valence-electron chi connectivity index (χ4n) is 5.35. The molecule has 0 aromatic carbocycles. The molecule has 43 heavy (non-hydrogen) atoms. The third-order valence-corrected chi connectivity index (χ3v) is 8.24. The monoisotopic (exact) mass is 600 g/mol. The largest absolute Gasteiger partial charge is 0.459 e. The second-order valence-electron chi connectivity index (χ2n) is 13.1. The third-order valence-electron chi connectivity index (χ3n) is 8.24. The summed E-state index contributed by atoms with van der Waals surface area (Å²) in [7, 11) is 4.02. The van der Waals surface area contributed by atoms with Crippen LogP contribution in [0.4, 0.5) is 0 Å². The zero-order chi connectivity index (χ0) is 31.7. The number of esters is 1. The van der Waals surface area contributed by atoms with Gasteiger partial charge in [-0.05, 0) is 98.1 Å². The fraction of sp³-hybridized carbons (Fsp3) is 0.775. The molecule has 0 aliphatic carbocycles. The Kier molecular flexibility index (Phi) is 30.6. The minimum atomic E-state index is -0.315. The summed E-state index contributed by atoms with van der Waals surface area (Å²) < 4.78 is 6.13. The first-order chi connectivity index (χ1) is 20.9. The van der Waals surface area contributed by atoms with Crippen LogP contribution >= 0.6 is 0 Å².